The molecule has 0 amide bonds. The molecule has 68 valence electrons. The van der Waals surface area contributed by atoms with E-state index in [-0.39, 0.29) is 5.95 Å². The summed E-state index contributed by atoms with van der Waals surface area (Å²) in [5, 5.41) is 0.902. The molecule has 0 aliphatic heterocycles. The standard InChI is InChI=1S/C10H9BrFN/c11-6-5-8-3-4-10(12)13-7-1-2-9(8)13/h1-4,7H,5-6H2. The van der Waals surface area contributed by atoms with Gasteiger partial charge in [-0.1, -0.05) is 22.0 Å². The van der Waals surface area contributed by atoms with E-state index in [1.807, 2.05) is 18.2 Å². The molecule has 0 fully saturated rings. The predicted octanol–water partition coefficient (Wildman–Crippen LogP) is 3.02. The number of halogens is 2. The van der Waals surface area contributed by atoms with Crippen LogP contribution in [0.1, 0.15) is 5.56 Å². The van der Waals surface area contributed by atoms with Gasteiger partial charge in [-0.3, -0.25) is 4.40 Å². The summed E-state index contributed by atoms with van der Waals surface area (Å²) in [6.07, 6.45) is 2.66. The van der Waals surface area contributed by atoms with Gasteiger partial charge in [-0.05, 0) is 30.2 Å². The van der Waals surface area contributed by atoms with Crippen LogP contribution in [0.4, 0.5) is 4.39 Å². The lowest BCUT2D eigenvalue weighted by Crippen LogP contribution is -1.95. The predicted molar refractivity (Wildman–Crippen MR) is 54.9 cm³/mol. The van der Waals surface area contributed by atoms with Crippen LogP contribution in [0.15, 0.2) is 30.5 Å². The van der Waals surface area contributed by atoms with Gasteiger partial charge in [-0.25, -0.2) is 0 Å². The normalized spacial score (nSPS) is 10.9. The van der Waals surface area contributed by atoms with Crippen molar-refractivity contribution in [3.8, 4) is 0 Å². The molecule has 0 unspecified atom stereocenters. The highest BCUT2D eigenvalue weighted by Gasteiger charge is 2.03. The van der Waals surface area contributed by atoms with Crippen molar-refractivity contribution in [2.45, 2.75) is 6.42 Å². The zero-order valence-corrected chi connectivity index (χ0v) is 8.59. The first-order chi connectivity index (χ1) is 6.33. The van der Waals surface area contributed by atoms with Gasteiger partial charge in [-0.2, -0.15) is 4.39 Å². The summed E-state index contributed by atoms with van der Waals surface area (Å²) in [7, 11) is 0. The third-order valence-corrected chi connectivity index (χ3v) is 2.49. The van der Waals surface area contributed by atoms with Crippen LogP contribution < -0.4 is 0 Å². The maximum Gasteiger partial charge on any atom is 0.198 e. The van der Waals surface area contributed by atoms with E-state index in [0.717, 1.165) is 17.3 Å². The number of rotatable bonds is 2. The molecule has 0 aliphatic rings. The minimum absolute atomic E-state index is 0.210. The number of hydrogen-bond acceptors (Lipinski definition) is 0. The Hall–Kier alpha value is -0.830. The van der Waals surface area contributed by atoms with Gasteiger partial charge in [-0.15, -0.1) is 0 Å². The van der Waals surface area contributed by atoms with E-state index >= 15 is 0 Å². The fraction of sp³-hybridized carbons (Fsp3) is 0.200. The summed E-state index contributed by atoms with van der Waals surface area (Å²) in [6.45, 7) is 0. The Morgan fingerprint density at radius 2 is 2.15 bits per heavy atom. The maximum absolute atomic E-state index is 13.2. The minimum atomic E-state index is -0.210. The van der Waals surface area contributed by atoms with Crippen LogP contribution in [0.3, 0.4) is 0 Å². The van der Waals surface area contributed by atoms with Gasteiger partial charge in [0.15, 0.2) is 5.95 Å². The van der Waals surface area contributed by atoms with Crippen molar-refractivity contribution in [3.05, 3.63) is 42.0 Å². The number of hydrogen-bond donors (Lipinski definition) is 0. The van der Waals surface area contributed by atoms with Gasteiger partial charge in [0, 0.05) is 11.5 Å². The maximum atomic E-state index is 13.2. The van der Waals surface area contributed by atoms with Crippen molar-refractivity contribution in [1.82, 2.24) is 4.40 Å². The quantitative estimate of drug-likeness (QED) is 0.563. The molecule has 0 bridgehead atoms. The van der Waals surface area contributed by atoms with Crippen molar-refractivity contribution < 1.29 is 4.39 Å². The van der Waals surface area contributed by atoms with Crippen LogP contribution in [-0.2, 0) is 6.42 Å². The topological polar surface area (TPSA) is 4.41 Å². The lowest BCUT2D eigenvalue weighted by molar-refractivity contribution is 0.567. The number of nitrogens with zero attached hydrogens (tertiary/aromatic N) is 1. The molecule has 0 radical (unpaired) electrons. The highest BCUT2D eigenvalue weighted by molar-refractivity contribution is 9.09. The lowest BCUT2D eigenvalue weighted by Gasteiger charge is -2.03. The van der Waals surface area contributed by atoms with E-state index < -0.39 is 0 Å². The average molecular weight is 242 g/mol. The second-order valence-corrected chi connectivity index (χ2v) is 3.68. The van der Waals surface area contributed by atoms with Gasteiger partial charge in [0.1, 0.15) is 0 Å². The summed E-state index contributed by atoms with van der Waals surface area (Å²) < 4.78 is 14.8. The molecule has 0 aliphatic carbocycles. The minimum Gasteiger partial charge on any atom is -0.293 e. The van der Waals surface area contributed by atoms with Crippen molar-refractivity contribution in [3.63, 3.8) is 0 Å². The molecule has 13 heavy (non-hydrogen) atoms. The highest BCUT2D eigenvalue weighted by Crippen LogP contribution is 2.15. The Kier molecular flexibility index (Phi) is 2.36. The Balaban J connectivity index is 2.64. The third-order valence-electron chi connectivity index (χ3n) is 2.09. The number of aromatic nitrogens is 1. The van der Waals surface area contributed by atoms with E-state index in [4.69, 9.17) is 0 Å². The molecular formula is C10H9BrFN. The average Bonchev–Trinajstić information content (AvgIpc) is 2.59. The first-order valence-corrected chi connectivity index (χ1v) is 5.25. The molecule has 0 aromatic carbocycles. The second-order valence-electron chi connectivity index (χ2n) is 2.88. The van der Waals surface area contributed by atoms with Crippen molar-refractivity contribution in [1.29, 1.82) is 0 Å². The zero-order valence-electron chi connectivity index (χ0n) is 7.00. The summed E-state index contributed by atoms with van der Waals surface area (Å²) in [4.78, 5) is 0. The molecule has 2 aromatic heterocycles. The van der Waals surface area contributed by atoms with Crippen LogP contribution in [0.5, 0.6) is 0 Å². The van der Waals surface area contributed by atoms with Gasteiger partial charge in [0.2, 0.25) is 0 Å². The third kappa shape index (κ3) is 1.48. The zero-order chi connectivity index (χ0) is 9.26. The molecule has 2 rings (SSSR count). The molecule has 2 aromatic rings. The summed E-state index contributed by atoms with van der Waals surface area (Å²) in [5.41, 5.74) is 2.13. The highest BCUT2D eigenvalue weighted by atomic mass is 79.9. The molecule has 1 nitrogen and oxygen atoms in total. The lowest BCUT2D eigenvalue weighted by atomic mass is 10.2. The number of pyridine rings is 1. The SMILES string of the molecule is Fc1ccc(CCBr)c2cccn12. The van der Waals surface area contributed by atoms with Crippen LogP contribution in [0.2, 0.25) is 0 Å². The summed E-state index contributed by atoms with van der Waals surface area (Å²) >= 11 is 3.38. The van der Waals surface area contributed by atoms with E-state index in [1.165, 1.54) is 11.6 Å². The van der Waals surface area contributed by atoms with Crippen LogP contribution >= 0.6 is 15.9 Å². The van der Waals surface area contributed by atoms with E-state index in [9.17, 15) is 4.39 Å². The van der Waals surface area contributed by atoms with Crippen LogP contribution in [0, 0.1) is 5.95 Å². The molecule has 3 heteroatoms. The fourth-order valence-electron chi connectivity index (χ4n) is 1.48. The largest absolute Gasteiger partial charge is 0.293 e. The van der Waals surface area contributed by atoms with Crippen LogP contribution in [0.25, 0.3) is 5.52 Å². The number of fused-ring (bicyclic) bond motifs is 1. The Bertz CT molecular complexity index is 422. The Labute approximate surface area is 84.3 Å². The summed E-state index contributed by atoms with van der Waals surface area (Å²) in [5.74, 6) is -0.210. The molecule has 0 saturated carbocycles. The van der Waals surface area contributed by atoms with Crippen LogP contribution in [-0.4, -0.2) is 9.73 Å². The second kappa shape index (κ2) is 3.50. The van der Waals surface area contributed by atoms with Gasteiger partial charge < -0.3 is 0 Å². The monoisotopic (exact) mass is 241 g/mol. The van der Waals surface area contributed by atoms with Gasteiger partial charge >= 0.3 is 0 Å². The number of alkyl halides is 1. The summed E-state index contributed by atoms with van der Waals surface area (Å²) in [6, 6.07) is 7.13. The first-order valence-electron chi connectivity index (χ1n) is 4.13. The first kappa shape index (κ1) is 8.75. The smallest absolute Gasteiger partial charge is 0.198 e. The van der Waals surface area contributed by atoms with Crippen molar-refractivity contribution in [2.75, 3.05) is 5.33 Å². The molecule has 0 saturated heterocycles. The van der Waals surface area contributed by atoms with Gasteiger partial charge in [0.05, 0.1) is 5.52 Å². The van der Waals surface area contributed by atoms with Crippen molar-refractivity contribution >= 4 is 21.4 Å². The van der Waals surface area contributed by atoms with Crippen molar-refractivity contribution in [2.24, 2.45) is 0 Å². The Morgan fingerprint density at radius 1 is 1.31 bits per heavy atom. The van der Waals surface area contributed by atoms with E-state index in [0.29, 0.717) is 0 Å². The molecule has 2 heterocycles. The van der Waals surface area contributed by atoms with Gasteiger partial charge in [0.25, 0.3) is 0 Å². The molecule has 0 N–H and O–H groups in total. The molecule has 0 spiro atoms. The molecule has 0 atom stereocenters. The molecular weight excluding hydrogens is 233 g/mol. The Morgan fingerprint density at radius 3 is 2.92 bits per heavy atom. The number of aryl methyl sites for hydroxylation is 1. The van der Waals surface area contributed by atoms with E-state index in [1.54, 1.807) is 10.6 Å². The fourth-order valence-corrected chi connectivity index (χ4v) is 1.90. The van der Waals surface area contributed by atoms with E-state index in [2.05, 4.69) is 15.9 Å².